The lowest BCUT2D eigenvalue weighted by Gasteiger charge is -2.29. The van der Waals surface area contributed by atoms with Gasteiger partial charge < -0.3 is 10.1 Å². The Balaban J connectivity index is 2.23. The summed E-state index contributed by atoms with van der Waals surface area (Å²) < 4.78 is 5.23. The predicted octanol–water partition coefficient (Wildman–Crippen LogP) is 0.743. The van der Waals surface area contributed by atoms with Gasteiger partial charge in [0.1, 0.15) is 5.75 Å². The molecule has 1 N–H and O–H groups in total. The fraction of sp³-hybridized carbons (Fsp3) is 0.312. The van der Waals surface area contributed by atoms with Crippen molar-refractivity contribution in [1.29, 1.82) is 0 Å². The maximum atomic E-state index is 13.2. The zero-order valence-electron chi connectivity index (χ0n) is 14.5. The molecule has 0 fully saturated rings. The minimum absolute atomic E-state index is 0.0974. The average Bonchev–Trinajstić information content (AvgIpc) is 3.04. The van der Waals surface area contributed by atoms with E-state index in [0.717, 1.165) is 21.7 Å². The van der Waals surface area contributed by atoms with Crippen LogP contribution in [0.15, 0.2) is 23.3 Å². The maximum absolute atomic E-state index is 13.2. The number of hydrogen-bond acceptors (Lipinski definition) is 7. The van der Waals surface area contributed by atoms with Crippen molar-refractivity contribution < 1.29 is 23.9 Å². The number of thioether (sulfide) groups is 1. The fourth-order valence-electron chi connectivity index (χ4n) is 2.96. The van der Waals surface area contributed by atoms with Crippen molar-refractivity contribution in [2.75, 3.05) is 12.0 Å². The summed E-state index contributed by atoms with van der Waals surface area (Å²) in [6, 6.07) is 4.79. The minimum atomic E-state index is -1.61. The molecule has 1 unspecified atom stereocenters. The van der Waals surface area contributed by atoms with Crippen molar-refractivity contribution in [1.82, 2.24) is 10.3 Å². The number of nitrogens with one attached hydrogen (secondary N) is 1. The number of imide groups is 1. The molecule has 0 aromatic heterocycles. The third kappa shape index (κ3) is 2.45. The van der Waals surface area contributed by atoms with E-state index >= 15 is 0 Å². The summed E-state index contributed by atoms with van der Waals surface area (Å²) in [5, 5.41) is 7.68. The Morgan fingerprint density at radius 3 is 2.42 bits per heavy atom. The Labute approximate surface area is 153 Å². The van der Waals surface area contributed by atoms with E-state index in [1.807, 2.05) is 0 Å². The summed E-state index contributed by atoms with van der Waals surface area (Å²) >= 11 is 0.901. The van der Waals surface area contributed by atoms with Gasteiger partial charge in [-0.1, -0.05) is 0 Å². The van der Waals surface area contributed by atoms with Crippen LogP contribution in [0.1, 0.15) is 26.3 Å². The first kappa shape index (κ1) is 17.9. The lowest BCUT2D eigenvalue weighted by Crippen LogP contribution is -2.49. The Morgan fingerprint density at radius 2 is 1.88 bits per heavy atom. The molecule has 1 spiro atoms. The summed E-state index contributed by atoms with van der Waals surface area (Å²) in [6.45, 7) is 3.81. The van der Waals surface area contributed by atoms with Crippen molar-refractivity contribution in [3.8, 4) is 5.75 Å². The minimum Gasteiger partial charge on any atom is -0.497 e. The number of ether oxygens (including phenoxy) is 1. The maximum Gasteiger partial charge on any atom is 0.277 e. The van der Waals surface area contributed by atoms with Gasteiger partial charge in [-0.3, -0.25) is 19.2 Å². The second kappa shape index (κ2) is 6.13. The number of hydrazone groups is 1. The van der Waals surface area contributed by atoms with Crippen molar-refractivity contribution >= 4 is 46.2 Å². The van der Waals surface area contributed by atoms with Gasteiger partial charge in [-0.05, 0) is 30.0 Å². The van der Waals surface area contributed by atoms with Gasteiger partial charge in [0.25, 0.3) is 5.91 Å². The van der Waals surface area contributed by atoms with Crippen molar-refractivity contribution in [3.63, 3.8) is 0 Å². The van der Waals surface area contributed by atoms with Crippen LogP contribution in [0.3, 0.4) is 0 Å². The largest absolute Gasteiger partial charge is 0.497 e. The molecule has 1 aromatic rings. The van der Waals surface area contributed by atoms with E-state index in [1.54, 1.807) is 18.2 Å². The predicted molar refractivity (Wildman–Crippen MR) is 94.2 cm³/mol. The molecular formula is C16H16N4O5S. The molecule has 0 saturated carbocycles. The number of fused-ring (bicyclic) bond motifs is 2. The Morgan fingerprint density at radius 1 is 1.19 bits per heavy atom. The molecule has 10 heteroatoms. The summed E-state index contributed by atoms with van der Waals surface area (Å²) in [5.41, 5.74) is 0.739. The summed E-state index contributed by atoms with van der Waals surface area (Å²) in [5.74, 6) is -1.56. The van der Waals surface area contributed by atoms with Gasteiger partial charge in [-0.15, -0.1) is 5.10 Å². The number of benzene rings is 1. The van der Waals surface area contributed by atoms with Crippen molar-refractivity contribution in [2.24, 2.45) is 5.10 Å². The molecule has 0 radical (unpaired) electrons. The van der Waals surface area contributed by atoms with Gasteiger partial charge >= 0.3 is 0 Å². The molecule has 2 aliphatic heterocycles. The molecule has 3 rings (SSSR count). The number of carbonyl (C=O) groups excluding carboxylic acids is 4. The first-order valence-corrected chi connectivity index (χ1v) is 8.43. The van der Waals surface area contributed by atoms with Crippen LogP contribution in [0.4, 0.5) is 5.69 Å². The lowest BCUT2D eigenvalue weighted by atomic mass is 10.1. The van der Waals surface area contributed by atoms with Crippen LogP contribution in [0.25, 0.3) is 0 Å². The van der Waals surface area contributed by atoms with E-state index in [2.05, 4.69) is 10.4 Å². The van der Waals surface area contributed by atoms with Crippen LogP contribution < -0.4 is 15.0 Å². The highest BCUT2D eigenvalue weighted by atomic mass is 32.2. The first-order valence-electron chi connectivity index (χ1n) is 7.62. The zero-order chi connectivity index (χ0) is 19.2. The topological polar surface area (TPSA) is 108 Å². The SMILES string of the molecule is COc1ccc2c(c1)C1(SC(NC(C)=O)=NN1C(C)=O)C(=O)N2C(C)=O. The first-order chi connectivity index (χ1) is 12.2. The van der Waals surface area contributed by atoms with Gasteiger partial charge in [0.05, 0.1) is 12.8 Å². The molecule has 1 atom stereocenters. The molecule has 0 bridgehead atoms. The quantitative estimate of drug-likeness (QED) is 0.775. The van der Waals surface area contributed by atoms with Crippen LogP contribution in [0, 0.1) is 0 Å². The van der Waals surface area contributed by atoms with Crippen LogP contribution in [-0.2, 0) is 24.0 Å². The van der Waals surface area contributed by atoms with E-state index < -0.39 is 28.5 Å². The van der Waals surface area contributed by atoms with Crippen LogP contribution >= 0.6 is 11.8 Å². The molecule has 2 aliphatic rings. The number of anilines is 1. The summed E-state index contributed by atoms with van der Waals surface area (Å²) in [6.07, 6.45) is 0. The summed E-state index contributed by atoms with van der Waals surface area (Å²) in [4.78, 5) is 48.4. The molecule has 1 aromatic carbocycles. The van der Waals surface area contributed by atoms with Crippen LogP contribution in [-0.4, -0.2) is 40.9 Å². The highest BCUT2D eigenvalue weighted by Gasteiger charge is 2.62. The Bertz CT molecular complexity index is 883. The lowest BCUT2D eigenvalue weighted by molar-refractivity contribution is -0.140. The zero-order valence-corrected chi connectivity index (χ0v) is 15.3. The van der Waals surface area contributed by atoms with Gasteiger partial charge in [-0.25, -0.2) is 4.90 Å². The van der Waals surface area contributed by atoms with Gasteiger partial charge in [0, 0.05) is 26.3 Å². The van der Waals surface area contributed by atoms with E-state index in [0.29, 0.717) is 17.0 Å². The normalized spacial score (nSPS) is 20.9. The van der Waals surface area contributed by atoms with E-state index in [4.69, 9.17) is 4.74 Å². The molecule has 26 heavy (non-hydrogen) atoms. The molecule has 2 heterocycles. The number of hydrogen-bond donors (Lipinski definition) is 1. The average molecular weight is 376 g/mol. The van der Waals surface area contributed by atoms with Crippen molar-refractivity contribution in [3.05, 3.63) is 23.8 Å². The number of nitrogens with zero attached hydrogens (tertiary/aromatic N) is 3. The molecule has 136 valence electrons. The third-order valence-corrected chi connectivity index (χ3v) is 5.17. The number of amidine groups is 1. The van der Waals surface area contributed by atoms with Gasteiger partial charge in [-0.2, -0.15) is 5.01 Å². The highest BCUT2D eigenvalue weighted by molar-refractivity contribution is 8.15. The van der Waals surface area contributed by atoms with E-state index in [-0.39, 0.29) is 5.17 Å². The number of rotatable bonds is 1. The fourth-order valence-corrected chi connectivity index (χ4v) is 4.26. The Hall–Kier alpha value is -2.88. The number of methoxy groups -OCH3 is 1. The molecule has 4 amide bonds. The third-order valence-electron chi connectivity index (χ3n) is 3.93. The van der Waals surface area contributed by atoms with Gasteiger partial charge in [0.2, 0.25) is 22.6 Å². The van der Waals surface area contributed by atoms with Crippen molar-refractivity contribution in [2.45, 2.75) is 25.6 Å². The van der Waals surface area contributed by atoms with Crippen LogP contribution in [0.2, 0.25) is 0 Å². The standard InChI is InChI=1S/C16H16N4O5S/c1-8(21)17-15-18-20(10(3)23)16(26-15)12-7-11(25-4)5-6-13(12)19(9(2)22)14(16)24/h5-7H,1-4H3,(H,17,18,21). The van der Waals surface area contributed by atoms with E-state index in [9.17, 15) is 19.2 Å². The smallest absolute Gasteiger partial charge is 0.277 e. The molecule has 0 aliphatic carbocycles. The number of amides is 4. The second-order valence-electron chi connectivity index (χ2n) is 5.71. The van der Waals surface area contributed by atoms with Gasteiger partial charge in [0.15, 0.2) is 5.17 Å². The number of carbonyl (C=O) groups is 4. The molecule has 0 saturated heterocycles. The molecule has 9 nitrogen and oxygen atoms in total. The second-order valence-corrected chi connectivity index (χ2v) is 6.89. The van der Waals surface area contributed by atoms with E-state index in [1.165, 1.54) is 27.9 Å². The highest BCUT2D eigenvalue weighted by Crippen LogP contribution is 2.55. The molecular weight excluding hydrogens is 360 g/mol. The van der Waals surface area contributed by atoms with Crippen LogP contribution in [0.5, 0.6) is 5.75 Å². The Kier molecular flexibility index (Phi) is 4.23. The summed E-state index contributed by atoms with van der Waals surface area (Å²) in [7, 11) is 1.47. The monoisotopic (exact) mass is 376 g/mol.